The van der Waals surface area contributed by atoms with Gasteiger partial charge in [0.2, 0.25) is 5.91 Å². The lowest BCUT2D eigenvalue weighted by Crippen LogP contribution is -2.49. The zero-order valence-corrected chi connectivity index (χ0v) is 11.0. The molecule has 0 aromatic heterocycles. The van der Waals surface area contributed by atoms with Gasteiger partial charge >= 0.3 is 0 Å². The lowest BCUT2D eigenvalue weighted by molar-refractivity contribution is -0.119. The van der Waals surface area contributed by atoms with Gasteiger partial charge in [-0.2, -0.15) is 0 Å². The molecule has 4 nitrogen and oxygen atoms in total. The number of amides is 1. The molecule has 1 atom stereocenters. The van der Waals surface area contributed by atoms with Gasteiger partial charge in [0.05, 0.1) is 0 Å². The first-order valence-electron chi connectivity index (χ1n) is 6.39. The summed E-state index contributed by atoms with van der Waals surface area (Å²) in [6.07, 6.45) is 2.30. The van der Waals surface area contributed by atoms with E-state index in [9.17, 15) is 4.79 Å². The topological polar surface area (TPSA) is 58.4 Å². The van der Waals surface area contributed by atoms with Gasteiger partial charge in [0.1, 0.15) is 6.04 Å². The van der Waals surface area contributed by atoms with Crippen molar-refractivity contribution in [1.82, 2.24) is 5.32 Å². The average molecular weight is 247 g/mol. The molecule has 98 valence electrons. The number of rotatable bonds is 6. The molecule has 1 amide bonds. The van der Waals surface area contributed by atoms with E-state index in [1.807, 2.05) is 19.2 Å². The van der Waals surface area contributed by atoms with Crippen LogP contribution in [0.2, 0.25) is 0 Å². The van der Waals surface area contributed by atoms with Crippen molar-refractivity contribution in [3.05, 3.63) is 29.8 Å². The molecule has 1 aromatic carbocycles. The highest BCUT2D eigenvalue weighted by Crippen LogP contribution is 2.20. The summed E-state index contributed by atoms with van der Waals surface area (Å²) in [5.74, 6) is -0.276. The number of hydrogen-bond acceptors (Lipinski definition) is 3. The lowest BCUT2D eigenvalue weighted by atomic mass is 10.2. The molecule has 0 spiro atoms. The normalized spacial score (nSPS) is 16.3. The smallest absolute Gasteiger partial charge is 0.236 e. The summed E-state index contributed by atoms with van der Waals surface area (Å²) < 4.78 is 0. The molecule has 1 unspecified atom stereocenters. The van der Waals surface area contributed by atoms with Gasteiger partial charge in [0.25, 0.3) is 0 Å². The van der Waals surface area contributed by atoms with Gasteiger partial charge in [-0.3, -0.25) is 4.79 Å². The van der Waals surface area contributed by atoms with Crippen LogP contribution in [0.5, 0.6) is 0 Å². The number of carbonyl (C=O) groups excluding carboxylic acids is 1. The summed E-state index contributed by atoms with van der Waals surface area (Å²) in [6, 6.07) is 8.44. The Balaban J connectivity index is 1.99. The average Bonchev–Trinajstić information content (AvgIpc) is 3.12. The minimum atomic E-state index is -0.276. The second-order valence-corrected chi connectivity index (χ2v) is 5.12. The van der Waals surface area contributed by atoms with Crippen LogP contribution < -0.4 is 16.0 Å². The van der Waals surface area contributed by atoms with Gasteiger partial charge < -0.3 is 16.0 Å². The Morgan fingerprint density at radius 1 is 1.56 bits per heavy atom. The quantitative estimate of drug-likeness (QED) is 0.789. The first-order valence-corrected chi connectivity index (χ1v) is 6.39. The second-order valence-electron chi connectivity index (χ2n) is 5.12. The van der Waals surface area contributed by atoms with Crippen molar-refractivity contribution in [3.8, 4) is 0 Å². The number of anilines is 1. The molecule has 0 bridgehead atoms. The van der Waals surface area contributed by atoms with Gasteiger partial charge in [-0.1, -0.05) is 12.1 Å². The fraction of sp³-hybridized carbons (Fsp3) is 0.500. The number of nitrogens with zero attached hydrogens (tertiary/aromatic N) is 1. The summed E-state index contributed by atoms with van der Waals surface area (Å²) in [6.45, 7) is 2.67. The van der Waals surface area contributed by atoms with Crippen molar-refractivity contribution < 1.29 is 4.79 Å². The van der Waals surface area contributed by atoms with Gasteiger partial charge in [-0.05, 0) is 37.5 Å². The number of aryl methyl sites for hydroxylation is 1. The van der Waals surface area contributed by atoms with E-state index >= 15 is 0 Å². The third-order valence-corrected chi connectivity index (χ3v) is 3.26. The number of primary amides is 1. The Kier molecular flexibility index (Phi) is 3.87. The first-order chi connectivity index (χ1) is 8.56. The molecule has 1 fully saturated rings. The maximum atomic E-state index is 11.4. The summed E-state index contributed by atoms with van der Waals surface area (Å²) >= 11 is 0. The third-order valence-electron chi connectivity index (χ3n) is 3.26. The number of hydrogen-bond donors (Lipinski definition) is 2. The largest absolute Gasteiger partial charge is 0.372 e. The van der Waals surface area contributed by atoms with E-state index in [0.29, 0.717) is 12.6 Å². The third kappa shape index (κ3) is 3.47. The van der Waals surface area contributed by atoms with Crippen LogP contribution >= 0.6 is 0 Å². The SMILES string of the molecule is Cc1cccc(N(C)CC(NC2CC2)C(N)=O)c1. The molecule has 3 N–H and O–H groups in total. The van der Waals surface area contributed by atoms with Crippen molar-refractivity contribution in [1.29, 1.82) is 0 Å². The minimum absolute atomic E-state index is 0.275. The van der Waals surface area contributed by atoms with E-state index in [1.165, 1.54) is 5.56 Å². The Bertz CT molecular complexity index is 429. The van der Waals surface area contributed by atoms with Crippen LogP contribution in [0.3, 0.4) is 0 Å². The molecule has 18 heavy (non-hydrogen) atoms. The van der Waals surface area contributed by atoms with Crippen LogP contribution in [-0.2, 0) is 4.79 Å². The number of carbonyl (C=O) groups is 1. The molecular formula is C14H21N3O. The molecule has 1 aliphatic carbocycles. The summed E-state index contributed by atoms with van der Waals surface area (Å²) in [5, 5.41) is 3.29. The Labute approximate surface area is 108 Å². The maximum Gasteiger partial charge on any atom is 0.236 e. The zero-order chi connectivity index (χ0) is 13.1. The molecule has 1 aromatic rings. The zero-order valence-electron chi connectivity index (χ0n) is 11.0. The highest BCUT2D eigenvalue weighted by molar-refractivity contribution is 5.80. The predicted octanol–water partition coefficient (Wildman–Crippen LogP) is 1.04. The van der Waals surface area contributed by atoms with E-state index < -0.39 is 0 Å². The van der Waals surface area contributed by atoms with E-state index in [1.54, 1.807) is 0 Å². The summed E-state index contributed by atoms with van der Waals surface area (Å²) in [5.41, 5.74) is 7.76. The van der Waals surface area contributed by atoms with Crippen LogP contribution in [0.4, 0.5) is 5.69 Å². The number of benzene rings is 1. The van der Waals surface area contributed by atoms with Crippen LogP contribution in [-0.4, -0.2) is 31.6 Å². The van der Waals surface area contributed by atoms with E-state index in [0.717, 1.165) is 18.5 Å². The number of nitrogens with one attached hydrogen (secondary N) is 1. The predicted molar refractivity (Wildman–Crippen MR) is 73.6 cm³/mol. The standard InChI is InChI=1S/C14H21N3O/c1-10-4-3-5-12(8-10)17(2)9-13(14(15)18)16-11-6-7-11/h3-5,8,11,13,16H,6-7,9H2,1-2H3,(H2,15,18). The number of nitrogens with two attached hydrogens (primary N) is 1. The first kappa shape index (κ1) is 12.9. The summed E-state index contributed by atoms with van der Waals surface area (Å²) in [4.78, 5) is 13.5. The highest BCUT2D eigenvalue weighted by atomic mass is 16.1. The molecule has 0 radical (unpaired) electrons. The Hall–Kier alpha value is -1.55. The monoisotopic (exact) mass is 247 g/mol. The molecule has 1 saturated carbocycles. The van der Waals surface area contributed by atoms with E-state index in [-0.39, 0.29) is 11.9 Å². The molecule has 1 aliphatic rings. The van der Waals surface area contributed by atoms with Gasteiger partial charge in [-0.25, -0.2) is 0 Å². The fourth-order valence-electron chi connectivity index (χ4n) is 2.00. The van der Waals surface area contributed by atoms with Gasteiger partial charge in [0, 0.05) is 25.3 Å². The fourth-order valence-corrected chi connectivity index (χ4v) is 2.00. The van der Waals surface area contributed by atoms with Crippen molar-refractivity contribution in [2.45, 2.75) is 31.8 Å². The van der Waals surface area contributed by atoms with Crippen molar-refractivity contribution in [3.63, 3.8) is 0 Å². The van der Waals surface area contributed by atoms with Crippen LogP contribution in [0, 0.1) is 6.92 Å². The maximum absolute atomic E-state index is 11.4. The minimum Gasteiger partial charge on any atom is -0.372 e. The van der Waals surface area contributed by atoms with E-state index in [4.69, 9.17) is 5.73 Å². The van der Waals surface area contributed by atoms with Crippen LogP contribution in [0.15, 0.2) is 24.3 Å². The molecular weight excluding hydrogens is 226 g/mol. The highest BCUT2D eigenvalue weighted by Gasteiger charge is 2.27. The second kappa shape index (κ2) is 5.40. The number of likely N-dealkylation sites (N-methyl/N-ethyl adjacent to an activating group) is 1. The van der Waals surface area contributed by atoms with Crippen LogP contribution in [0.1, 0.15) is 18.4 Å². The summed E-state index contributed by atoms with van der Waals surface area (Å²) in [7, 11) is 1.99. The molecule has 0 saturated heterocycles. The van der Waals surface area contributed by atoms with Gasteiger partial charge in [0.15, 0.2) is 0 Å². The lowest BCUT2D eigenvalue weighted by Gasteiger charge is -2.25. The Morgan fingerprint density at radius 2 is 2.28 bits per heavy atom. The van der Waals surface area contributed by atoms with Crippen molar-refractivity contribution >= 4 is 11.6 Å². The van der Waals surface area contributed by atoms with Crippen molar-refractivity contribution in [2.24, 2.45) is 5.73 Å². The molecule has 0 heterocycles. The Morgan fingerprint density at radius 3 is 2.83 bits per heavy atom. The van der Waals surface area contributed by atoms with Crippen molar-refractivity contribution in [2.75, 3.05) is 18.5 Å². The van der Waals surface area contributed by atoms with Crippen LogP contribution in [0.25, 0.3) is 0 Å². The molecule has 0 aliphatic heterocycles. The molecule has 2 rings (SSSR count). The van der Waals surface area contributed by atoms with E-state index in [2.05, 4.69) is 29.3 Å². The van der Waals surface area contributed by atoms with Gasteiger partial charge in [-0.15, -0.1) is 0 Å². The molecule has 4 heteroatoms.